The third-order valence-electron chi connectivity index (χ3n) is 4.98. The van der Waals surface area contributed by atoms with Crippen LogP contribution >= 0.6 is 11.6 Å². The van der Waals surface area contributed by atoms with Gasteiger partial charge in [0.05, 0.1) is 6.04 Å². The monoisotopic (exact) mass is 406 g/mol. The topological polar surface area (TPSA) is 81.4 Å². The summed E-state index contributed by atoms with van der Waals surface area (Å²) < 4.78 is 5.74. The van der Waals surface area contributed by atoms with E-state index in [-0.39, 0.29) is 11.9 Å². The van der Waals surface area contributed by atoms with Crippen LogP contribution in [0.25, 0.3) is 0 Å². The van der Waals surface area contributed by atoms with Crippen LogP contribution in [0.2, 0.25) is 5.02 Å². The molecular formula is C23H19ClN2O3. The quantitative estimate of drug-likeness (QED) is 0.647. The molecule has 5 nitrogen and oxygen atoms in total. The molecule has 6 heteroatoms. The first-order chi connectivity index (χ1) is 14.0. The molecule has 0 spiro atoms. The predicted molar refractivity (Wildman–Crippen MR) is 111 cm³/mol. The van der Waals surface area contributed by atoms with Crippen molar-refractivity contribution >= 4 is 23.4 Å². The van der Waals surface area contributed by atoms with Gasteiger partial charge in [-0.25, -0.2) is 0 Å². The number of aryl methyl sites for hydroxylation is 1. The first-order valence-electron chi connectivity index (χ1n) is 9.26. The van der Waals surface area contributed by atoms with Gasteiger partial charge in [-0.15, -0.1) is 0 Å². The van der Waals surface area contributed by atoms with Gasteiger partial charge in [0.1, 0.15) is 11.5 Å². The summed E-state index contributed by atoms with van der Waals surface area (Å²) in [6, 6.07) is 19.3. The third-order valence-corrected chi connectivity index (χ3v) is 5.21. The lowest BCUT2D eigenvalue weighted by atomic mass is 10.1. The van der Waals surface area contributed by atoms with Gasteiger partial charge in [-0.05, 0) is 84.6 Å². The molecule has 1 unspecified atom stereocenters. The van der Waals surface area contributed by atoms with Crippen LogP contribution in [0.15, 0.2) is 66.7 Å². The largest absolute Gasteiger partial charge is 0.457 e. The first kappa shape index (κ1) is 19.0. The molecule has 4 rings (SSSR count). The number of ether oxygens (including phenoxy) is 1. The highest BCUT2D eigenvalue weighted by atomic mass is 35.5. The third kappa shape index (κ3) is 4.25. The van der Waals surface area contributed by atoms with Crippen molar-refractivity contribution in [2.45, 2.75) is 18.9 Å². The number of primary amides is 1. The molecule has 0 saturated heterocycles. The van der Waals surface area contributed by atoms with Crippen LogP contribution in [0, 0.1) is 0 Å². The second-order valence-electron chi connectivity index (χ2n) is 6.92. The molecule has 3 N–H and O–H groups in total. The van der Waals surface area contributed by atoms with Crippen molar-refractivity contribution in [3.63, 3.8) is 0 Å². The predicted octanol–water partition coefficient (Wildman–Crippen LogP) is 4.65. The minimum absolute atomic E-state index is 0.00513. The van der Waals surface area contributed by atoms with Crippen LogP contribution in [0.4, 0.5) is 0 Å². The molecule has 29 heavy (non-hydrogen) atoms. The van der Waals surface area contributed by atoms with E-state index in [9.17, 15) is 9.59 Å². The molecule has 146 valence electrons. The Kier molecular flexibility index (Phi) is 5.23. The van der Waals surface area contributed by atoms with Crippen molar-refractivity contribution in [1.29, 1.82) is 0 Å². The standard InChI is InChI=1S/C23H19ClN2O3/c24-17-6-11-20-16(13-17)5-12-21(20)26-23(28)15-3-9-19(10-4-15)29-18-7-1-14(2-8-18)22(25)27/h1-4,6-11,13,21H,5,12H2,(H2,25,27)(H,26,28). The van der Waals surface area contributed by atoms with Crippen LogP contribution in [-0.4, -0.2) is 11.8 Å². The number of hydrogen-bond acceptors (Lipinski definition) is 3. The zero-order valence-electron chi connectivity index (χ0n) is 15.5. The van der Waals surface area contributed by atoms with Gasteiger partial charge in [0.2, 0.25) is 5.91 Å². The summed E-state index contributed by atoms with van der Waals surface area (Å²) in [6.07, 6.45) is 1.77. The first-order valence-corrected chi connectivity index (χ1v) is 9.64. The number of rotatable bonds is 5. The number of nitrogens with one attached hydrogen (secondary N) is 1. The molecule has 1 aliphatic rings. The van der Waals surface area contributed by atoms with Gasteiger partial charge in [-0.1, -0.05) is 17.7 Å². The Hall–Kier alpha value is -3.31. The van der Waals surface area contributed by atoms with Crippen LogP contribution in [0.1, 0.15) is 44.3 Å². The van der Waals surface area contributed by atoms with Gasteiger partial charge < -0.3 is 15.8 Å². The van der Waals surface area contributed by atoms with Gasteiger partial charge in [-0.2, -0.15) is 0 Å². The Morgan fingerprint density at radius 1 is 0.931 bits per heavy atom. The lowest BCUT2D eigenvalue weighted by Crippen LogP contribution is -2.27. The van der Waals surface area contributed by atoms with E-state index in [1.54, 1.807) is 48.5 Å². The average molecular weight is 407 g/mol. The summed E-state index contributed by atoms with van der Waals surface area (Å²) >= 11 is 6.05. The summed E-state index contributed by atoms with van der Waals surface area (Å²) in [5.41, 5.74) is 8.52. The highest BCUT2D eigenvalue weighted by Gasteiger charge is 2.24. The number of hydrogen-bond donors (Lipinski definition) is 2. The minimum atomic E-state index is -0.486. The van der Waals surface area contributed by atoms with Crippen LogP contribution in [0.3, 0.4) is 0 Å². The van der Waals surface area contributed by atoms with E-state index in [4.69, 9.17) is 22.1 Å². The maximum atomic E-state index is 12.6. The highest BCUT2D eigenvalue weighted by Crippen LogP contribution is 2.33. The second kappa shape index (κ2) is 7.97. The number of nitrogens with two attached hydrogens (primary N) is 1. The van der Waals surface area contributed by atoms with Gasteiger partial charge in [-0.3, -0.25) is 9.59 Å². The maximum Gasteiger partial charge on any atom is 0.251 e. The molecule has 1 atom stereocenters. The van der Waals surface area contributed by atoms with Crippen molar-refractivity contribution in [3.8, 4) is 11.5 Å². The smallest absolute Gasteiger partial charge is 0.251 e. The molecule has 0 bridgehead atoms. The number of benzene rings is 3. The van der Waals surface area contributed by atoms with Crippen molar-refractivity contribution < 1.29 is 14.3 Å². The second-order valence-corrected chi connectivity index (χ2v) is 7.36. The molecule has 0 radical (unpaired) electrons. The Labute approximate surface area is 173 Å². The molecule has 2 amide bonds. The fourth-order valence-electron chi connectivity index (χ4n) is 3.48. The van der Waals surface area contributed by atoms with E-state index < -0.39 is 5.91 Å². The van der Waals surface area contributed by atoms with Crippen molar-refractivity contribution in [2.24, 2.45) is 5.73 Å². The Morgan fingerprint density at radius 3 is 2.17 bits per heavy atom. The molecule has 0 saturated carbocycles. The van der Waals surface area contributed by atoms with Crippen molar-refractivity contribution in [1.82, 2.24) is 5.32 Å². The summed E-state index contributed by atoms with van der Waals surface area (Å²) in [4.78, 5) is 23.7. The van der Waals surface area contributed by atoms with Gasteiger partial charge in [0.15, 0.2) is 0 Å². The molecule has 1 aliphatic carbocycles. The average Bonchev–Trinajstić information content (AvgIpc) is 3.10. The summed E-state index contributed by atoms with van der Waals surface area (Å²) in [7, 11) is 0. The lowest BCUT2D eigenvalue weighted by Gasteiger charge is -2.14. The Balaban J connectivity index is 1.40. The molecule has 0 heterocycles. The van der Waals surface area contributed by atoms with Gasteiger partial charge in [0, 0.05) is 16.1 Å². The van der Waals surface area contributed by atoms with Crippen LogP contribution < -0.4 is 15.8 Å². The van der Waals surface area contributed by atoms with E-state index in [1.807, 2.05) is 18.2 Å². The molecule has 0 fully saturated rings. The summed E-state index contributed by atoms with van der Waals surface area (Å²) in [5, 5.41) is 3.81. The molecule has 3 aromatic carbocycles. The normalized spacial score (nSPS) is 14.9. The SMILES string of the molecule is NC(=O)c1ccc(Oc2ccc(C(=O)NC3CCc4cc(Cl)ccc43)cc2)cc1. The zero-order valence-corrected chi connectivity index (χ0v) is 16.3. The Morgan fingerprint density at radius 2 is 1.55 bits per heavy atom. The molecular weight excluding hydrogens is 388 g/mol. The van der Waals surface area contributed by atoms with Gasteiger partial charge in [0.25, 0.3) is 5.91 Å². The van der Waals surface area contributed by atoms with Crippen molar-refractivity contribution in [2.75, 3.05) is 0 Å². The van der Waals surface area contributed by atoms with E-state index in [1.165, 1.54) is 5.56 Å². The van der Waals surface area contributed by atoms with E-state index in [2.05, 4.69) is 5.32 Å². The maximum absolute atomic E-state index is 12.6. The van der Waals surface area contributed by atoms with Gasteiger partial charge >= 0.3 is 0 Å². The van der Waals surface area contributed by atoms with E-state index in [0.717, 1.165) is 23.4 Å². The fourth-order valence-corrected chi connectivity index (χ4v) is 3.67. The van der Waals surface area contributed by atoms with Crippen molar-refractivity contribution in [3.05, 3.63) is 94.0 Å². The number of carbonyl (C=O) groups excluding carboxylic acids is 2. The Bertz CT molecular complexity index is 1060. The minimum Gasteiger partial charge on any atom is -0.457 e. The fraction of sp³-hybridized carbons (Fsp3) is 0.130. The van der Waals surface area contributed by atoms with Crippen LogP contribution in [0.5, 0.6) is 11.5 Å². The highest BCUT2D eigenvalue weighted by molar-refractivity contribution is 6.30. The molecule has 0 aliphatic heterocycles. The van der Waals surface area contributed by atoms with Crippen LogP contribution in [-0.2, 0) is 6.42 Å². The zero-order chi connectivity index (χ0) is 20.4. The number of carbonyl (C=O) groups is 2. The number of halogens is 1. The summed E-state index contributed by atoms with van der Waals surface area (Å²) in [6.45, 7) is 0. The number of amides is 2. The van der Waals surface area contributed by atoms with E-state index in [0.29, 0.717) is 22.6 Å². The molecule has 0 aromatic heterocycles. The van der Waals surface area contributed by atoms with E-state index >= 15 is 0 Å². The number of fused-ring (bicyclic) bond motifs is 1. The molecule has 3 aromatic rings. The summed E-state index contributed by atoms with van der Waals surface area (Å²) in [5.74, 6) is 0.553. The lowest BCUT2D eigenvalue weighted by molar-refractivity contribution is 0.0935.